The Labute approximate surface area is 242 Å². The number of Topliss-reactive ketones (excluding diaryl/α,β-unsaturated/α-hetero) is 1. The smallest absolute Gasteiger partial charge is 0.475 e. The average Bonchev–Trinajstić information content (AvgIpc) is 3.59. The van der Waals surface area contributed by atoms with Crippen LogP contribution in [0.15, 0.2) is 65.7 Å². The fourth-order valence-corrected chi connectivity index (χ4v) is 6.65. The van der Waals surface area contributed by atoms with Gasteiger partial charge in [-0.2, -0.15) is 13.2 Å². The van der Waals surface area contributed by atoms with Crippen LogP contribution in [0.3, 0.4) is 0 Å². The largest absolute Gasteiger partial charge is 0.490 e. The molecule has 0 spiro atoms. The van der Waals surface area contributed by atoms with E-state index in [2.05, 4.69) is 4.99 Å². The van der Waals surface area contributed by atoms with E-state index in [-0.39, 0.29) is 36.3 Å². The maximum atomic E-state index is 13.6. The minimum Gasteiger partial charge on any atom is -0.475 e. The minimum atomic E-state index is -5.08. The number of ether oxygens (including phenoxy) is 1. The molecule has 5 rings (SSSR count). The molecule has 2 aromatic rings. The normalized spacial score (nSPS) is 24.4. The van der Waals surface area contributed by atoms with Crippen molar-refractivity contribution in [3.8, 4) is 0 Å². The summed E-state index contributed by atoms with van der Waals surface area (Å²) in [5, 5.41) is 7.61. The van der Waals surface area contributed by atoms with E-state index in [9.17, 15) is 32.3 Å². The number of ketones is 1. The monoisotopic (exact) mass is 605 g/mol. The SMILES string of the molecule is COC(=O)[C@@]1(Cc2ccccc2)[C@H]2C(=O)N(C)C(=O)[C@H]2[C@H]2CN=C(SCC(=O)c3ccccc3)N21.O=C(O)C(F)(F)F. The number of hydrogen-bond donors (Lipinski definition) is 1. The summed E-state index contributed by atoms with van der Waals surface area (Å²) in [5.74, 6) is -5.59. The van der Waals surface area contributed by atoms with Crippen LogP contribution in [-0.4, -0.2) is 93.8 Å². The summed E-state index contributed by atoms with van der Waals surface area (Å²) >= 11 is 1.23. The van der Waals surface area contributed by atoms with Crippen molar-refractivity contribution in [3.05, 3.63) is 71.8 Å². The molecule has 14 heteroatoms. The van der Waals surface area contributed by atoms with Crippen molar-refractivity contribution in [1.82, 2.24) is 9.80 Å². The Morgan fingerprint density at radius 3 is 2.17 bits per heavy atom. The summed E-state index contributed by atoms with van der Waals surface area (Å²) in [5.41, 5.74) is -0.0196. The van der Waals surface area contributed by atoms with Gasteiger partial charge in [0, 0.05) is 19.0 Å². The second-order valence-electron chi connectivity index (χ2n) is 9.76. The first-order chi connectivity index (χ1) is 19.8. The predicted octanol–water partition coefficient (Wildman–Crippen LogP) is 2.68. The number of amidine groups is 1. The van der Waals surface area contributed by atoms with Crippen LogP contribution in [0.4, 0.5) is 13.2 Å². The van der Waals surface area contributed by atoms with Gasteiger partial charge in [-0.1, -0.05) is 72.4 Å². The molecule has 0 aliphatic carbocycles. The number of amides is 2. The van der Waals surface area contributed by atoms with E-state index in [4.69, 9.17) is 14.6 Å². The molecule has 4 atom stereocenters. The van der Waals surface area contributed by atoms with Crippen molar-refractivity contribution in [1.29, 1.82) is 0 Å². The molecule has 10 nitrogen and oxygen atoms in total. The number of likely N-dealkylation sites (tertiary alicyclic amines) is 1. The Balaban J connectivity index is 0.000000517. The zero-order valence-corrected chi connectivity index (χ0v) is 23.2. The van der Waals surface area contributed by atoms with Crippen LogP contribution in [0.25, 0.3) is 0 Å². The number of esters is 1. The summed E-state index contributed by atoms with van der Waals surface area (Å²) in [4.78, 5) is 69.4. The van der Waals surface area contributed by atoms with Gasteiger partial charge in [-0.3, -0.25) is 24.3 Å². The number of imide groups is 1. The molecule has 3 heterocycles. The third-order valence-electron chi connectivity index (χ3n) is 7.41. The number of halogens is 3. The molecule has 0 radical (unpaired) electrons. The molecule has 3 aliphatic rings. The number of aliphatic carboxylic acids is 1. The van der Waals surface area contributed by atoms with E-state index in [1.165, 1.54) is 25.9 Å². The molecule has 2 fully saturated rings. The highest BCUT2D eigenvalue weighted by atomic mass is 32.2. The lowest BCUT2D eigenvalue weighted by Gasteiger charge is -2.40. The zero-order chi connectivity index (χ0) is 30.8. The van der Waals surface area contributed by atoms with Gasteiger partial charge in [-0.25, -0.2) is 9.59 Å². The van der Waals surface area contributed by atoms with Crippen LogP contribution in [0.2, 0.25) is 0 Å². The number of carbonyl (C=O) groups excluding carboxylic acids is 4. The van der Waals surface area contributed by atoms with E-state index in [1.54, 1.807) is 24.3 Å². The lowest BCUT2D eigenvalue weighted by atomic mass is 9.76. The number of methoxy groups -OCH3 is 1. The number of aliphatic imine (C=N–C) groups is 1. The molecule has 2 aromatic carbocycles. The first-order valence-electron chi connectivity index (χ1n) is 12.6. The van der Waals surface area contributed by atoms with Crippen molar-refractivity contribution in [2.24, 2.45) is 16.8 Å². The topological polar surface area (TPSA) is 134 Å². The molecular weight excluding hydrogens is 579 g/mol. The van der Waals surface area contributed by atoms with Crippen molar-refractivity contribution in [2.45, 2.75) is 24.2 Å². The molecule has 0 bridgehead atoms. The zero-order valence-electron chi connectivity index (χ0n) is 22.4. The molecule has 42 heavy (non-hydrogen) atoms. The fourth-order valence-electron chi connectivity index (χ4n) is 5.62. The third-order valence-corrected chi connectivity index (χ3v) is 8.40. The van der Waals surface area contributed by atoms with Crippen molar-refractivity contribution in [2.75, 3.05) is 26.5 Å². The van der Waals surface area contributed by atoms with Crippen LogP contribution in [0.1, 0.15) is 15.9 Å². The highest BCUT2D eigenvalue weighted by Gasteiger charge is 2.73. The molecule has 1 N–H and O–H groups in total. The standard InChI is InChI=1S/C26H25N3O5S.C2HF3O2/c1-28-22(31)20-18-14-27-25(35-15-19(30)17-11-7-4-8-12-17)29(18)26(24(33)34-2,21(20)23(28)32)13-16-9-5-3-6-10-16;3-2(4,5)1(6)7/h3-12,18,20-21H,13-15H2,1-2H3;(H,6,7)/t18-,20+,21-,26-;/m1./s1. The summed E-state index contributed by atoms with van der Waals surface area (Å²) < 4.78 is 37.0. The number of benzene rings is 2. The van der Waals surface area contributed by atoms with Gasteiger partial charge in [0.1, 0.15) is 0 Å². The van der Waals surface area contributed by atoms with Gasteiger partial charge in [-0.15, -0.1) is 0 Å². The molecule has 2 amide bonds. The number of carbonyl (C=O) groups is 5. The Bertz CT molecular complexity index is 1420. The summed E-state index contributed by atoms with van der Waals surface area (Å²) in [6.07, 6.45) is -4.91. The van der Waals surface area contributed by atoms with E-state index >= 15 is 0 Å². The number of nitrogens with zero attached hydrogens (tertiary/aromatic N) is 3. The van der Waals surface area contributed by atoms with Gasteiger partial charge in [-0.05, 0) is 5.56 Å². The second kappa shape index (κ2) is 12.0. The van der Waals surface area contributed by atoms with Crippen molar-refractivity contribution in [3.63, 3.8) is 0 Å². The number of thioether (sulfide) groups is 1. The van der Waals surface area contributed by atoms with Crippen LogP contribution in [0, 0.1) is 11.8 Å². The third kappa shape index (κ3) is 5.50. The highest BCUT2D eigenvalue weighted by molar-refractivity contribution is 8.14. The summed E-state index contributed by atoms with van der Waals surface area (Å²) in [6.45, 7) is 0.267. The van der Waals surface area contributed by atoms with Crippen LogP contribution in [0.5, 0.6) is 0 Å². The van der Waals surface area contributed by atoms with E-state index in [0.29, 0.717) is 10.7 Å². The van der Waals surface area contributed by atoms with Crippen molar-refractivity contribution < 1.29 is 47.0 Å². The molecular formula is C28H26F3N3O7S. The first kappa shape index (κ1) is 30.8. The van der Waals surface area contributed by atoms with Gasteiger partial charge in [0.15, 0.2) is 16.5 Å². The number of carboxylic acids is 1. The van der Waals surface area contributed by atoms with E-state index in [0.717, 1.165) is 10.5 Å². The van der Waals surface area contributed by atoms with E-state index in [1.807, 2.05) is 41.3 Å². The van der Waals surface area contributed by atoms with Gasteiger partial charge in [0.25, 0.3) is 0 Å². The molecule has 0 saturated carbocycles. The maximum Gasteiger partial charge on any atom is 0.490 e. The van der Waals surface area contributed by atoms with Crippen LogP contribution in [-0.2, 0) is 30.3 Å². The number of alkyl halides is 3. The lowest BCUT2D eigenvalue weighted by Crippen LogP contribution is -2.60. The Hall–Kier alpha value is -4.20. The highest BCUT2D eigenvalue weighted by Crippen LogP contribution is 2.53. The second-order valence-corrected chi connectivity index (χ2v) is 10.7. The Morgan fingerprint density at radius 1 is 1.05 bits per heavy atom. The first-order valence-corrected chi connectivity index (χ1v) is 13.6. The Morgan fingerprint density at radius 2 is 1.62 bits per heavy atom. The Kier molecular flexibility index (Phi) is 8.76. The molecule has 222 valence electrons. The predicted molar refractivity (Wildman–Crippen MR) is 145 cm³/mol. The van der Waals surface area contributed by atoms with Gasteiger partial charge in [0.2, 0.25) is 11.8 Å². The van der Waals surface area contributed by atoms with Crippen LogP contribution >= 0.6 is 11.8 Å². The molecule has 0 aromatic heterocycles. The summed E-state index contributed by atoms with van der Waals surface area (Å²) in [6, 6.07) is 17.9. The lowest BCUT2D eigenvalue weighted by molar-refractivity contribution is -0.192. The average molecular weight is 606 g/mol. The number of rotatable bonds is 6. The minimum absolute atomic E-state index is 0.0697. The number of fused-ring (bicyclic) bond motifs is 3. The molecule has 2 saturated heterocycles. The molecule has 3 aliphatic heterocycles. The quantitative estimate of drug-likeness (QED) is 0.300. The fraction of sp³-hybridized carbons (Fsp3) is 0.357. The number of carboxylic acid groups (broad SMARTS) is 1. The van der Waals surface area contributed by atoms with Gasteiger partial charge >= 0.3 is 18.1 Å². The van der Waals surface area contributed by atoms with Crippen molar-refractivity contribution >= 4 is 46.5 Å². The summed E-state index contributed by atoms with van der Waals surface area (Å²) in [7, 11) is 2.75. The van der Waals surface area contributed by atoms with Gasteiger partial charge in [0.05, 0.1) is 37.3 Å². The van der Waals surface area contributed by atoms with E-state index < -0.39 is 41.5 Å². The maximum absolute atomic E-state index is 13.6. The number of hydrogen-bond acceptors (Lipinski definition) is 9. The molecule has 0 unspecified atom stereocenters. The van der Waals surface area contributed by atoms with Crippen LogP contribution < -0.4 is 0 Å². The van der Waals surface area contributed by atoms with Gasteiger partial charge < -0.3 is 14.7 Å².